The second-order valence-electron chi connectivity index (χ2n) is 6.41. The molecule has 0 aliphatic carbocycles. The lowest BCUT2D eigenvalue weighted by Crippen LogP contribution is -2.55. The van der Waals surface area contributed by atoms with Crippen molar-refractivity contribution in [3.63, 3.8) is 0 Å². The highest BCUT2D eigenvalue weighted by Crippen LogP contribution is 2.19. The van der Waals surface area contributed by atoms with E-state index in [9.17, 15) is 14.7 Å². The number of carbonyl (C=O) groups is 2. The Labute approximate surface area is 114 Å². The predicted molar refractivity (Wildman–Crippen MR) is 73.0 cm³/mol. The maximum Gasteiger partial charge on any atom is 0.326 e. The molecule has 0 saturated heterocycles. The van der Waals surface area contributed by atoms with Crippen molar-refractivity contribution in [2.45, 2.75) is 53.2 Å². The van der Waals surface area contributed by atoms with Crippen molar-refractivity contribution in [2.24, 2.45) is 5.41 Å². The molecule has 0 saturated carbocycles. The number of nitrogens with zero attached hydrogens (tertiary/aromatic N) is 1. The number of aliphatic carboxylic acids is 1. The molecule has 0 unspecified atom stereocenters. The lowest BCUT2D eigenvalue weighted by molar-refractivity contribution is -0.142. The Bertz CT molecular complexity index is 329. The number of likely N-dealkylation sites (N-methyl/N-ethyl adjacent to an activating group) is 1. The highest BCUT2D eigenvalue weighted by molar-refractivity contribution is 5.83. The van der Waals surface area contributed by atoms with E-state index >= 15 is 0 Å². The normalized spacial score (nSPS) is 13.8. The molecule has 19 heavy (non-hydrogen) atoms. The van der Waals surface area contributed by atoms with Crippen LogP contribution in [0.4, 0.5) is 4.79 Å². The summed E-state index contributed by atoms with van der Waals surface area (Å²) in [6.45, 7) is 10.8. The number of aliphatic hydroxyl groups is 1. The molecule has 6 nitrogen and oxygen atoms in total. The zero-order valence-corrected chi connectivity index (χ0v) is 12.6. The van der Waals surface area contributed by atoms with Crippen LogP contribution < -0.4 is 5.32 Å². The monoisotopic (exact) mass is 274 g/mol. The van der Waals surface area contributed by atoms with Gasteiger partial charge in [0.25, 0.3) is 0 Å². The minimum absolute atomic E-state index is 0.145. The molecule has 0 spiro atoms. The molecule has 0 bridgehead atoms. The SMILES string of the molecule is CCN(CC(C)(C)O)C(=O)N[C@H](C(=O)O)C(C)(C)C. The quantitative estimate of drug-likeness (QED) is 0.704. The smallest absolute Gasteiger partial charge is 0.326 e. The molecule has 0 rings (SSSR count). The minimum Gasteiger partial charge on any atom is -0.480 e. The van der Waals surface area contributed by atoms with Crippen LogP contribution in [-0.2, 0) is 4.79 Å². The molecule has 0 radical (unpaired) electrons. The molecule has 112 valence electrons. The lowest BCUT2D eigenvalue weighted by Gasteiger charge is -2.32. The number of nitrogens with one attached hydrogen (secondary N) is 1. The number of hydrogen-bond acceptors (Lipinski definition) is 3. The molecule has 0 heterocycles. The summed E-state index contributed by atoms with van der Waals surface area (Å²) in [7, 11) is 0. The second kappa shape index (κ2) is 6.23. The number of carbonyl (C=O) groups excluding carboxylic acids is 1. The van der Waals surface area contributed by atoms with Gasteiger partial charge < -0.3 is 20.4 Å². The third-order valence-electron chi connectivity index (χ3n) is 2.63. The summed E-state index contributed by atoms with van der Waals surface area (Å²) in [5.74, 6) is -1.07. The Morgan fingerprint density at radius 3 is 1.95 bits per heavy atom. The number of rotatable bonds is 5. The summed E-state index contributed by atoms with van der Waals surface area (Å²) in [5, 5.41) is 21.4. The van der Waals surface area contributed by atoms with Gasteiger partial charge in [-0.2, -0.15) is 0 Å². The van der Waals surface area contributed by atoms with Crippen LogP contribution in [0.15, 0.2) is 0 Å². The van der Waals surface area contributed by atoms with Crippen LogP contribution in [0, 0.1) is 5.41 Å². The van der Waals surface area contributed by atoms with Gasteiger partial charge in [0.05, 0.1) is 12.1 Å². The molecule has 0 fully saturated rings. The fourth-order valence-corrected chi connectivity index (χ4v) is 1.66. The van der Waals surface area contributed by atoms with Gasteiger partial charge in [-0.25, -0.2) is 9.59 Å². The first-order chi connectivity index (χ1) is 8.38. The number of hydrogen-bond donors (Lipinski definition) is 3. The Balaban J connectivity index is 4.85. The molecular formula is C13H26N2O4. The van der Waals surface area contributed by atoms with Gasteiger partial charge in [-0.1, -0.05) is 20.8 Å². The van der Waals surface area contributed by atoms with Crippen LogP contribution in [0.3, 0.4) is 0 Å². The van der Waals surface area contributed by atoms with E-state index in [0.29, 0.717) is 6.54 Å². The molecule has 0 aromatic carbocycles. The van der Waals surface area contributed by atoms with E-state index in [1.165, 1.54) is 4.90 Å². The second-order valence-corrected chi connectivity index (χ2v) is 6.41. The molecule has 3 N–H and O–H groups in total. The van der Waals surface area contributed by atoms with Crippen molar-refractivity contribution < 1.29 is 19.8 Å². The summed E-state index contributed by atoms with van der Waals surface area (Å²) in [6.07, 6.45) is 0. The van der Waals surface area contributed by atoms with Crippen molar-refractivity contribution in [1.29, 1.82) is 0 Å². The highest BCUT2D eigenvalue weighted by Gasteiger charge is 2.34. The van der Waals surface area contributed by atoms with E-state index in [0.717, 1.165) is 0 Å². The molecule has 1 atom stereocenters. The van der Waals surface area contributed by atoms with Crippen LogP contribution in [0.25, 0.3) is 0 Å². The van der Waals surface area contributed by atoms with Crippen molar-refractivity contribution in [2.75, 3.05) is 13.1 Å². The average Bonchev–Trinajstić information content (AvgIpc) is 2.18. The van der Waals surface area contributed by atoms with E-state index < -0.39 is 29.1 Å². The molecule has 6 heteroatoms. The molecular weight excluding hydrogens is 248 g/mol. The molecule has 0 aromatic rings. The third kappa shape index (κ3) is 6.42. The van der Waals surface area contributed by atoms with E-state index in [-0.39, 0.29) is 6.54 Å². The van der Waals surface area contributed by atoms with Crippen molar-refractivity contribution >= 4 is 12.0 Å². The summed E-state index contributed by atoms with van der Waals surface area (Å²) in [4.78, 5) is 24.6. The Hall–Kier alpha value is -1.30. The van der Waals surface area contributed by atoms with E-state index in [1.54, 1.807) is 41.5 Å². The molecule has 0 aromatic heterocycles. The zero-order chi connectivity index (χ0) is 15.4. The maximum absolute atomic E-state index is 12.1. The van der Waals surface area contributed by atoms with E-state index in [2.05, 4.69) is 5.32 Å². The summed E-state index contributed by atoms with van der Waals surface area (Å²) >= 11 is 0. The van der Waals surface area contributed by atoms with Crippen LogP contribution >= 0.6 is 0 Å². The molecule has 0 aliphatic rings. The molecule has 2 amide bonds. The largest absolute Gasteiger partial charge is 0.480 e. The van der Waals surface area contributed by atoms with Crippen molar-refractivity contribution in [3.8, 4) is 0 Å². The van der Waals surface area contributed by atoms with E-state index in [1.807, 2.05) is 0 Å². The van der Waals surface area contributed by atoms with Crippen LogP contribution in [0.1, 0.15) is 41.5 Å². The Morgan fingerprint density at radius 2 is 1.68 bits per heavy atom. The standard InChI is InChI=1S/C13H26N2O4/c1-7-15(8-13(5,6)19)11(18)14-9(10(16)17)12(2,3)4/h9,19H,7-8H2,1-6H3,(H,14,18)(H,16,17)/t9-/m1/s1. The van der Waals surface area contributed by atoms with Gasteiger partial charge in [0.2, 0.25) is 0 Å². The third-order valence-corrected chi connectivity index (χ3v) is 2.63. The number of carboxylic acid groups (broad SMARTS) is 1. The number of carboxylic acids is 1. The van der Waals surface area contributed by atoms with Gasteiger partial charge in [0.1, 0.15) is 6.04 Å². The fourth-order valence-electron chi connectivity index (χ4n) is 1.66. The summed E-state index contributed by atoms with van der Waals surface area (Å²) in [5.41, 5.74) is -1.61. The van der Waals surface area contributed by atoms with Crippen molar-refractivity contribution in [1.82, 2.24) is 10.2 Å². The van der Waals surface area contributed by atoms with Gasteiger partial charge in [-0.3, -0.25) is 0 Å². The average molecular weight is 274 g/mol. The number of urea groups is 1. The predicted octanol–water partition coefficient (Wildman–Crippen LogP) is 1.29. The topological polar surface area (TPSA) is 89.9 Å². The first-order valence-electron chi connectivity index (χ1n) is 6.39. The van der Waals surface area contributed by atoms with Crippen LogP contribution in [0.5, 0.6) is 0 Å². The van der Waals surface area contributed by atoms with Gasteiger partial charge in [0, 0.05) is 6.54 Å². The van der Waals surface area contributed by atoms with Crippen molar-refractivity contribution in [3.05, 3.63) is 0 Å². The minimum atomic E-state index is -1.07. The van der Waals surface area contributed by atoms with Gasteiger partial charge in [-0.15, -0.1) is 0 Å². The van der Waals surface area contributed by atoms with Gasteiger partial charge in [-0.05, 0) is 26.2 Å². The lowest BCUT2D eigenvalue weighted by atomic mass is 9.87. The summed E-state index contributed by atoms with van der Waals surface area (Å²) in [6, 6.07) is -1.46. The highest BCUT2D eigenvalue weighted by atomic mass is 16.4. The first-order valence-corrected chi connectivity index (χ1v) is 6.39. The Kier molecular flexibility index (Phi) is 5.81. The zero-order valence-electron chi connectivity index (χ0n) is 12.6. The van der Waals surface area contributed by atoms with Gasteiger partial charge in [0.15, 0.2) is 0 Å². The molecule has 0 aliphatic heterocycles. The Morgan fingerprint density at radius 1 is 1.21 bits per heavy atom. The fraction of sp³-hybridized carbons (Fsp3) is 0.846. The van der Waals surface area contributed by atoms with E-state index in [4.69, 9.17) is 5.11 Å². The van der Waals surface area contributed by atoms with Crippen LogP contribution in [0.2, 0.25) is 0 Å². The number of amides is 2. The summed E-state index contributed by atoms with van der Waals surface area (Å²) < 4.78 is 0. The first kappa shape index (κ1) is 17.7. The van der Waals surface area contributed by atoms with Gasteiger partial charge >= 0.3 is 12.0 Å². The maximum atomic E-state index is 12.1. The van der Waals surface area contributed by atoms with Crippen LogP contribution in [-0.4, -0.2) is 51.8 Å².